The first-order chi connectivity index (χ1) is 7.08. The van der Waals surface area contributed by atoms with E-state index in [1.54, 1.807) is 7.05 Å². The van der Waals surface area contributed by atoms with Gasteiger partial charge in [0.2, 0.25) is 5.91 Å². The van der Waals surface area contributed by atoms with E-state index in [-0.39, 0.29) is 5.91 Å². The van der Waals surface area contributed by atoms with Gasteiger partial charge in [-0.3, -0.25) is 4.79 Å². The van der Waals surface area contributed by atoms with Gasteiger partial charge in [-0.25, -0.2) is 0 Å². The van der Waals surface area contributed by atoms with Gasteiger partial charge in [-0.1, -0.05) is 20.3 Å². The van der Waals surface area contributed by atoms with Crippen LogP contribution >= 0.6 is 0 Å². The van der Waals surface area contributed by atoms with Gasteiger partial charge in [0.1, 0.15) is 0 Å². The summed E-state index contributed by atoms with van der Waals surface area (Å²) in [6.45, 7) is 5.81. The first-order valence-electron chi connectivity index (χ1n) is 5.99. The molecule has 88 valence electrons. The van der Waals surface area contributed by atoms with E-state index in [4.69, 9.17) is 0 Å². The number of hydrogen-bond acceptors (Lipinski definition) is 2. The Morgan fingerprint density at radius 3 is 2.47 bits per heavy atom. The highest BCUT2D eigenvalue weighted by Crippen LogP contribution is 2.45. The molecule has 0 aromatic rings. The molecule has 0 saturated heterocycles. The molecule has 1 fully saturated rings. The fourth-order valence-electron chi connectivity index (χ4n) is 2.51. The molecule has 0 heterocycles. The molecular formula is C12H24N2O. The molecule has 0 aromatic carbocycles. The Bertz CT molecular complexity index is 210. The lowest BCUT2D eigenvalue weighted by Crippen LogP contribution is -2.44. The number of carbonyl (C=O) groups excluding carboxylic acids is 1. The van der Waals surface area contributed by atoms with E-state index < -0.39 is 0 Å². The van der Waals surface area contributed by atoms with Crippen LogP contribution in [0.1, 0.15) is 39.5 Å². The summed E-state index contributed by atoms with van der Waals surface area (Å²) < 4.78 is 0. The fraction of sp³-hybridized carbons (Fsp3) is 0.917. The zero-order chi connectivity index (χ0) is 11.3. The van der Waals surface area contributed by atoms with E-state index in [2.05, 4.69) is 24.5 Å². The van der Waals surface area contributed by atoms with Gasteiger partial charge in [-0.05, 0) is 37.6 Å². The Kier molecular flexibility index (Phi) is 4.58. The number of rotatable bonds is 6. The molecule has 0 unspecified atom stereocenters. The molecule has 3 heteroatoms. The van der Waals surface area contributed by atoms with Crippen molar-refractivity contribution < 1.29 is 4.79 Å². The van der Waals surface area contributed by atoms with Crippen molar-refractivity contribution in [2.45, 2.75) is 39.5 Å². The molecule has 1 saturated carbocycles. The molecule has 0 aromatic heterocycles. The minimum absolute atomic E-state index is 0.118. The minimum Gasteiger partial charge on any atom is -0.354 e. The molecule has 0 bridgehead atoms. The van der Waals surface area contributed by atoms with Gasteiger partial charge >= 0.3 is 0 Å². The largest absolute Gasteiger partial charge is 0.354 e. The van der Waals surface area contributed by atoms with Crippen molar-refractivity contribution in [2.24, 2.45) is 11.3 Å². The van der Waals surface area contributed by atoms with Crippen LogP contribution in [0.5, 0.6) is 0 Å². The van der Waals surface area contributed by atoms with Crippen LogP contribution in [0.2, 0.25) is 0 Å². The lowest BCUT2D eigenvalue weighted by Gasteiger charge is -2.43. The topological polar surface area (TPSA) is 41.1 Å². The first kappa shape index (κ1) is 12.5. The Balaban J connectivity index is 2.30. The summed E-state index contributed by atoms with van der Waals surface area (Å²) in [5.74, 6) is 0.846. The predicted octanol–water partition coefficient (Wildman–Crippen LogP) is 1.54. The molecule has 0 radical (unpaired) electrons. The van der Waals surface area contributed by atoms with Gasteiger partial charge in [0, 0.05) is 6.54 Å². The number of nitrogens with one attached hydrogen (secondary N) is 2. The Labute approximate surface area is 93.0 Å². The van der Waals surface area contributed by atoms with Gasteiger partial charge in [-0.2, -0.15) is 0 Å². The zero-order valence-electron chi connectivity index (χ0n) is 10.2. The number of likely N-dealkylation sites (N-methyl/N-ethyl adjacent to an activating group) is 1. The third-order valence-corrected chi connectivity index (χ3v) is 3.25. The van der Waals surface area contributed by atoms with E-state index in [0.717, 1.165) is 12.5 Å². The maximum Gasteiger partial charge on any atom is 0.233 e. The van der Waals surface area contributed by atoms with Crippen molar-refractivity contribution >= 4 is 5.91 Å². The van der Waals surface area contributed by atoms with E-state index in [1.165, 1.54) is 25.7 Å². The van der Waals surface area contributed by atoms with Gasteiger partial charge in [0.05, 0.1) is 6.54 Å². The van der Waals surface area contributed by atoms with Crippen molar-refractivity contribution in [3.05, 3.63) is 0 Å². The Hall–Kier alpha value is -0.570. The molecule has 15 heavy (non-hydrogen) atoms. The highest BCUT2D eigenvalue weighted by Gasteiger charge is 2.37. The van der Waals surface area contributed by atoms with Crippen LogP contribution in [0, 0.1) is 11.3 Å². The number of hydrogen-bond donors (Lipinski definition) is 2. The van der Waals surface area contributed by atoms with E-state index >= 15 is 0 Å². The van der Waals surface area contributed by atoms with Crippen LogP contribution < -0.4 is 10.6 Å². The predicted molar refractivity (Wildman–Crippen MR) is 62.7 cm³/mol. The summed E-state index contributed by atoms with van der Waals surface area (Å²) in [6, 6.07) is 0. The van der Waals surface area contributed by atoms with E-state index in [9.17, 15) is 4.79 Å². The van der Waals surface area contributed by atoms with Crippen LogP contribution in [0.25, 0.3) is 0 Å². The van der Waals surface area contributed by atoms with E-state index in [0.29, 0.717) is 12.0 Å². The molecule has 0 spiro atoms. The summed E-state index contributed by atoms with van der Waals surface area (Å²) >= 11 is 0. The highest BCUT2D eigenvalue weighted by molar-refractivity contribution is 5.77. The van der Waals surface area contributed by atoms with Crippen molar-refractivity contribution in [3.8, 4) is 0 Å². The molecule has 1 amide bonds. The summed E-state index contributed by atoms with van der Waals surface area (Å²) in [7, 11) is 1.80. The molecule has 0 aliphatic heterocycles. The summed E-state index contributed by atoms with van der Waals surface area (Å²) in [5, 5.41) is 5.90. The number of carbonyl (C=O) groups is 1. The maximum absolute atomic E-state index is 11.3. The summed E-state index contributed by atoms with van der Waals surface area (Å²) in [4.78, 5) is 11.3. The molecule has 1 aliphatic rings. The minimum atomic E-state index is 0.118. The van der Waals surface area contributed by atoms with Gasteiger partial charge < -0.3 is 10.6 Å². The lowest BCUT2D eigenvalue weighted by molar-refractivity contribution is -0.121. The standard InChI is InChI=1S/C12H24N2O/c1-10(2)7-12(5-4-6-12)9-14-11(15)8-13-3/h10,13H,4-9H2,1-3H3,(H,14,15). The smallest absolute Gasteiger partial charge is 0.233 e. The molecule has 1 rings (SSSR count). The van der Waals surface area contributed by atoms with Crippen LogP contribution in [-0.2, 0) is 4.79 Å². The first-order valence-corrected chi connectivity index (χ1v) is 5.99. The lowest BCUT2D eigenvalue weighted by atomic mass is 9.64. The number of amides is 1. The molecule has 0 atom stereocenters. The van der Waals surface area contributed by atoms with Gasteiger partial charge in [-0.15, -0.1) is 0 Å². The second kappa shape index (κ2) is 5.50. The quantitative estimate of drug-likeness (QED) is 0.701. The van der Waals surface area contributed by atoms with Crippen LogP contribution in [0.3, 0.4) is 0 Å². The van der Waals surface area contributed by atoms with Crippen LogP contribution in [0.4, 0.5) is 0 Å². The van der Waals surface area contributed by atoms with Gasteiger partial charge in [0.15, 0.2) is 0 Å². The second-order valence-corrected chi connectivity index (χ2v) is 5.26. The molecule has 1 aliphatic carbocycles. The molecular weight excluding hydrogens is 188 g/mol. The summed E-state index contributed by atoms with van der Waals surface area (Å²) in [6.07, 6.45) is 5.14. The third-order valence-electron chi connectivity index (χ3n) is 3.25. The summed E-state index contributed by atoms with van der Waals surface area (Å²) in [5.41, 5.74) is 0.414. The third kappa shape index (κ3) is 3.82. The van der Waals surface area contributed by atoms with Crippen LogP contribution in [-0.4, -0.2) is 26.0 Å². The Morgan fingerprint density at radius 2 is 2.07 bits per heavy atom. The van der Waals surface area contributed by atoms with Crippen molar-refractivity contribution in [1.29, 1.82) is 0 Å². The fourth-order valence-corrected chi connectivity index (χ4v) is 2.51. The maximum atomic E-state index is 11.3. The molecule has 2 N–H and O–H groups in total. The van der Waals surface area contributed by atoms with Crippen molar-refractivity contribution in [3.63, 3.8) is 0 Å². The second-order valence-electron chi connectivity index (χ2n) is 5.26. The van der Waals surface area contributed by atoms with Crippen molar-refractivity contribution in [2.75, 3.05) is 20.1 Å². The normalized spacial score (nSPS) is 18.7. The van der Waals surface area contributed by atoms with Crippen LogP contribution in [0.15, 0.2) is 0 Å². The molecule has 3 nitrogen and oxygen atoms in total. The monoisotopic (exact) mass is 212 g/mol. The van der Waals surface area contributed by atoms with E-state index in [1.807, 2.05) is 0 Å². The SMILES string of the molecule is CNCC(=O)NCC1(CC(C)C)CCC1. The zero-order valence-corrected chi connectivity index (χ0v) is 10.2. The highest BCUT2D eigenvalue weighted by atomic mass is 16.1. The average Bonchev–Trinajstić information content (AvgIpc) is 2.09. The van der Waals surface area contributed by atoms with Gasteiger partial charge in [0.25, 0.3) is 0 Å². The Morgan fingerprint density at radius 1 is 1.40 bits per heavy atom. The average molecular weight is 212 g/mol. The van der Waals surface area contributed by atoms with Crippen molar-refractivity contribution in [1.82, 2.24) is 10.6 Å².